The number of ether oxygens (including phenoxy) is 1. The van der Waals surface area contributed by atoms with Crippen LogP contribution < -0.4 is 9.80 Å². The Hall–Kier alpha value is -2.12. The van der Waals surface area contributed by atoms with E-state index in [1.165, 1.54) is 11.1 Å². The van der Waals surface area contributed by atoms with E-state index in [2.05, 4.69) is 47.8 Å². The summed E-state index contributed by atoms with van der Waals surface area (Å²) in [6.07, 6.45) is 4.08. The fraction of sp³-hybridized carbons (Fsp3) is 0.636. The molecule has 1 aromatic rings. The van der Waals surface area contributed by atoms with Crippen LogP contribution in [0.25, 0.3) is 0 Å². The van der Waals surface area contributed by atoms with Crippen LogP contribution in [0.5, 0.6) is 0 Å². The molecule has 0 unspecified atom stereocenters. The molecule has 0 saturated heterocycles. The summed E-state index contributed by atoms with van der Waals surface area (Å²) < 4.78 is 5.16. The predicted octanol–water partition coefficient (Wildman–Crippen LogP) is 1.63. The van der Waals surface area contributed by atoms with E-state index in [1.54, 1.807) is 0 Å². The van der Waals surface area contributed by atoms with Crippen molar-refractivity contribution in [3.8, 4) is 0 Å². The molecule has 0 spiro atoms. The predicted molar refractivity (Wildman–Crippen MR) is 114 cm³/mol. The molecular formula is C22H32N4O3. The van der Waals surface area contributed by atoms with Crippen molar-refractivity contribution in [2.75, 3.05) is 77.3 Å². The van der Waals surface area contributed by atoms with Gasteiger partial charge in [-0.05, 0) is 65.0 Å². The lowest BCUT2D eigenvalue weighted by Gasteiger charge is -2.39. The molecule has 3 heterocycles. The Balaban J connectivity index is 1.86. The monoisotopic (exact) mass is 400 g/mol. The van der Waals surface area contributed by atoms with E-state index >= 15 is 0 Å². The normalized spacial score (nSPS) is 18.3. The first-order chi connectivity index (χ1) is 13.9. The SMILES string of the molecule is CN(C)CCN1CCCc2c3c(c4c(c21)C(=O)OC4=O)N(CCN(C)C)CCC3. The molecule has 0 aromatic heterocycles. The number of carbonyl (C=O) groups excluding carboxylic acids is 2. The molecule has 3 aliphatic heterocycles. The molecule has 1 aromatic carbocycles. The lowest BCUT2D eigenvalue weighted by Crippen LogP contribution is -2.40. The van der Waals surface area contributed by atoms with E-state index in [0.29, 0.717) is 11.1 Å². The van der Waals surface area contributed by atoms with E-state index < -0.39 is 11.9 Å². The molecule has 3 aliphatic rings. The zero-order valence-electron chi connectivity index (χ0n) is 18.1. The minimum absolute atomic E-state index is 0.473. The second-order valence-electron chi connectivity index (χ2n) is 8.87. The van der Waals surface area contributed by atoms with Crippen LogP contribution in [-0.4, -0.2) is 89.2 Å². The van der Waals surface area contributed by atoms with Gasteiger partial charge in [-0.15, -0.1) is 0 Å². The van der Waals surface area contributed by atoms with Gasteiger partial charge in [0, 0.05) is 39.3 Å². The van der Waals surface area contributed by atoms with Crippen LogP contribution >= 0.6 is 0 Å². The number of cyclic esters (lactones) is 2. The Labute approximate surface area is 173 Å². The van der Waals surface area contributed by atoms with E-state index in [9.17, 15) is 9.59 Å². The number of hydrogen-bond donors (Lipinski definition) is 0. The fourth-order valence-electron chi connectivity index (χ4n) is 4.85. The van der Waals surface area contributed by atoms with Gasteiger partial charge in [-0.25, -0.2) is 9.59 Å². The van der Waals surface area contributed by atoms with Gasteiger partial charge >= 0.3 is 11.9 Å². The second-order valence-corrected chi connectivity index (χ2v) is 8.87. The second kappa shape index (κ2) is 7.95. The van der Waals surface area contributed by atoms with Crippen LogP contribution in [0.1, 0.15) is 44.7 Å². The summed E-state index contributed by atoms with van der Waals surface area (Å²) in [6.45, 7) is 5.33. The largest absolute Gasteiger partial charge is 0.386 e. The molecule has 7 heteroatoms. The minimum atomic E-state index is -0.473. The lowest BCUT2D eigenvalue weighted by molar-refractivity contribution is 0.0444. The van der Waals surface area contributed by atoms with E-state index in [1.807, 2.05) is 0 Å². The smallest absolute Gasteiger partial charge is 0.349 e. The molecule has 4 rings (SSSR count). The summed E-state index contributed by atoms with van der Waals surface area (Å²) in [7, 11) is 8.23. The number of fused-ring (bicyclic) bond motifs is 6. The number of hydrogen-bond acceptors (Lipinski definition) is 7. The maximum absolute atomic E-state index is 12.8. The zero-order valence-corrected chi connectivity index (χ0v) is 18.1. The molecule has 0 amide bonds. The maximum atomic E-state index is 12.8. The van der Waals surface area contributed by atoms with Gasteiger partial charge in [-0.3, -0.25) is 0 Å². The van der Waals surface area contributed by atoms with E-state index in [4.69, 9.17) is 4.74 Å². The van der Waals surface area contributed by atoms with Crippen molar-refractivity contribution in [3.63, 3.8) is 0 Å². The van der Waals surface area contributed by atoms with Crippen LogP contribution in [0.2, 0.25) is 0 Å². The number of benzene rings is 1. The van der Waals surface area contributed by atoms with Gasteiger partial charge in [-0.2, -0.15) is 0 Å². The minimum Gasteiger partial charge on any atom is -0.386 e. The van der Waals surface area contributed by atoms with Crippen molar-refractivity contribution in [2.24, 2.45) is 0 Å². The first-order valence-corrected chi connectivity index (χ1v) is 10.7. The maximum Gasteiger partial charge on any atom is 0.349 e. The highest BCUT2D eigenvalue weighted by molar-refractivity contribution is 6.21. The Morgan fingerprint density at radius 1 is 0.759 bits per heavy atom. The Morgan fingerprint density at radius 3 is 1.55 bits per heavy atom. The summed E-state index contributed by atoms with van der Waals surface area (Å²) in [4.78, 5) is 34.5. The Morgan fingerprint density at radius 2 is 1.17 bits per heavy atom. The topological polar surface area (TPSA) is 56.3 Å². The number of carbonyl (C=O) groups is 2. The first-order valence-electron chi connectivity index (χ1n) is 10.7. The van der Waals surface area contributed by atoms with E-state index in [0.717, 1.165) is 76.3 Å². The van der Waals surface area contributed by atoms with Crippen molar-refractivity contribution in [1.82, 2.24) is 9.80 Å². The fourth-order valence-corrected chi connectivity index (χ4v) is 4.85. The molecule has 0 radical (unpaired) electrons. The number of esters is 2. The van der Waals surface area contributed by atoms with Gasteiger partial charge in [0.25, 0.3) is 0 Å². The first kappa shape index (κ1) is 20.2. The highest BCUT2D eigenvalue weighted by Crippen LogP contribution is 2.47. The molecule has 0 fully saturated rings. The highest BCUT2D eigenvalue weighted by atomic mass is 16.6. The summed E-state index contributed by atoms with van der Waals surface area (Å²) in [5.74, 6) is -0.946. The van der Waals surface area contributed by atoms with Gasteiger partial charge in [0.2, 0.25) is 0 Å². The van der Waals surface area contributed by atoms with Crippen LogP contribution in [0.3, 0.4) is 0 Å². The van der Waals surface area contributed by atoms with Gasteiger partial charge in [0.15, 0.2) is 0 Å². The molecule has 0 aliphatic carbocycles. The molecule has 158 valence electrons. The van der Waals surface area contributed by atoms with Crippen molar-refractivity contribution in [1.29, 1.82) is 0 Å². The molecule has 29 heavy (non-hydrogen) atoms. The summed E-state index contributed by atoms with van der Waals surface area (Å²) >= 11 is 0. The van der Waals surface area contributed by atoms with Crippen LogP contribution in [-0.2, 0) is 17.6 Å². The van der Waals surface area contributed by atoms with Crippen molar-refractivity contribution in [3.05, 3.63) is 22.3 Å². The number of likely N-dealkylation sites (N-methyl/N-ethyl adjacent to an activating group) is 2. The molecule has 0 N–H and O–H groups in total. The number of nitrogens with zero attached hydrogens (tertiary/aromatic N) is 4. The van der Waals surface area contributed by atoms with E-state index in [-0.39, 0.29) is 0 Å². The number of rotatable bonds is 6. The Bertz CT molecular complexity index is 767. The van der Waals surface area contributed by atoms with Crippen molar-refractivity contribution < 1.29 is 14.3 Å². The van der Waals surface area contributed by atoms with Crippen LogP contribution in [0.4, 0.5) is 11.4 Å². The standard InChI is InChI=1S/C22H32N4O3/c1-23(2)11-13-25-9-5-7-15-16-8-6-10-26(14-12-24(3)4)20(16)18-17(19(15)25)21(27)29-22(18)28/h5-14H2,1-4H3. The lowest BCUT2D eigenvalue weighted by atomic mass is 9.84. The summed E-state index contributed by atoms with van der Waals surface area (Å²) in [6, 6.07) is 0. The van der Waals surface area contributed by atoms with Gasteiger partial charge in [0.1, 0.15) is 11.1 Å². The average molecular weight is 401 g/mol. The zero-order chi connectivity index (χ0) is 20.7. The Kier molecular flexibility index (Phi) is 5.53. The van der Waals surface area contributed by atoms with Crippen LogP contribution in [0.15, 0.2) is 0 Å². The molecule has 7 nitrogen and oxygen atoms in total. The number of anilines is 2. The van der Waals surface area contributed by atoms with Crippen molar-refractivity contribution >= 4 is 23.3 Å². The van der Waals surface area contributed by atoms with Crippen LogP contribution in [0, 0.1) is 0 Å². The van der Waals surface area contributed by atoms with Crippen molar-refractivity contribution in [2.45, 2.75) is 25.7 Å². The molecular weight excluding hydrogens is 368 g/mol. The average Bonchev–Trinajstić information content (AvgIpc) is 2.98. The highest BCUT2D eigenvalue weighted by Gasteiger charge is 2.43. The third kappa shape index (κ3) is 3.62. The third-order valence-electron chi connectivity index (χ3n) is 6.23. The quantitative estimate of drug-likeness (QED) is 0.531. The molecule has 0 atom stereocenters. The van der Waals surface area contributed by atoms with Gasteiger partial charge < -0.3 is 24.3 Å². The molecule has 0 saturated carbocycles. The third-order valence-corrected chi connectivity index (χ3v) is 6.23. The summed E-state index contributed by atoms with van der Waals surface area (Å²) in [5, 5.41) is 0. The van der Waals surface area contributed by atoms with Gasteiger partial charge in [-0.1, -0.05) is 0 Å². The van der Waals surface area contributed by atoms with Gasteiger partial charge in [0.05, 0.1) is 11.4 Å². The molecule has 0 bridgehead atoms. The summed E-state index contributed by atoms with van der Waals surface area (Å²) in [5.41, 5.74) is 5.50.